The Morgan fingerprint density at radius 2 is 1.57 bits per heavy atom. The Bertz CT molecular complexity index is 1190. The Hall–Kier alpha value is -3.85. The fourth-order valence-electron chi connectivity index (χ4n) is 3.30. The summed E-state index contributed by atoms with van der Waals surface area (Å²) in [6.07, 6.45) is 3.92. The predicted octanol–water partition coefficient (Wildman–Crippen LogP) is 6.38. The summed E-state index contributed by atoms with van der Waals surface area (Å²) in [6, 6.07) is 29.9. The first-order valence-corrected chi connectivity index (χ1v) is 9.79. The molecule has 4 aromatic carbocycles. The molecule has 0 fully saturated rings. The minimum atomic E-state index is -0.372. The number of hydrogen-bond donors (Lipinski definition) is 0. The number of benzene rings is 4. The Kier molecular flexibility index (Phi) is 5.90. The molecule has 0 aliphatic rings. The minimum Gasteiger partial charge on any atom is -0.489 e. The number of methoxy groups -OCH3 is 1. The van der Waals surface area contributed by atoms with Crippen molar-refractivity contribution in [1.29, 1.82) is 0 Å². The minimum absolute atomic E-state index is 0.372. The van der Waals surface area contributed by atoms with E-state index in [9.17, 15) is 4.79 Å². The van der Waals surface area contributed by atoms with Crippen LogP contribution >= 0.6 is 0 Å². The van der Waals surface area contributed by atoms with Crippen LogP contribution in [0.15, 0.2) is 91.0 Å². The molecule has 30 heavy (non-hydrogen) atoms. The Morgan fingerprint density at radius 3 is 2.37 bits per heavy atom. The third-order valence-electron chi connectivity index (χ3n) is 4.91. The van der Waals surface area contributed by atoms with E-state index in [1.54, 1.807) is 12.1 Å². The summed E-state index contributed by atoms with van der Waals surface area (Å²) in [5.41, 5.74) is 3.39. The molecule has 0 saturated carbocycles. The average Bonchev–Trinajstić information content (AvgIpc) is 2.81. The SMILES string of the molecule is COC(=O)c1ccc(OCc2ccccc2)cc1/C=C/c1ccc2ccccc2c1. The van der Waals surface area contributed by atoms with Crippen LogP contribution in [0.3, 0.4) is 0 Å². The van der Waals surface area contributed by atoms with Crippen molar-refractivity contribution in [2.75, 3.05) is 7.11 Å². The third-order valence-corrected chi connectivity index (χ3v) is 4.91. The van der Waals surface area contributed by atoms with Crippen LogP contribution in [0.2, 0.25) is 0 Å². The standard InChI is InChI=1S/C27H22O3/c1-29-27(28)26-16-15-25(30-19-21-7-3-2-4-8-21)18-24(26)14-12-20-11-13-22-9-5-6-10-23(22)17-20/h2-18H,19H2,1H3/b14-12+. The van der Waals surface area contributed by atoms with Gasteiger partial charge in [-0.05, 0) is 51.7 Å². The lowest BCUT2D eigenvalue weighted by Crippen LogP contribution is -2.04. The predicted molar refractivity (Wildman–Crippen MR) is 121 cm³/mol. The molecule has 0 saturated heterocycles. The van der Waals surface area contributed by atoms with Gasteiger partial charge in [-0.25, -0.2) is 4.79 Å². The quantitative estimate of drug-likeness (QED) is 0.281. The molecule has 0 atom stereocenters. The molecule has 0 N–H and O–H groups in total. The van der Waals surface area contributed by atoms with Crippen molar-refractivity contribution in [3.05, 3.63) is 113 Å². The molecule has 0 aliphatic carbocycles. The first-order valence-electron chi connectivity index (χ1n) is 9.79. The van der Waals surface area contributed by atoms with Gasteiger partial charge in [0.05, 0.1) is 12.7 Å². The number of esters is 1. The van der Waals surface area contributed by atoms with Crippen LogP contribution in [-0.4, -0.2) is 13.1 Å². The van der Waals surface area contributed by atoms with Gasteiger partial charge in [0.2, 0.25) is 0 Å². The molecule has 3 nitrogen and oxygen atoms in total. The van der Waals surface area contributed by atoms with Crippen molar-refractivity contribution in [2.45, 2.75) is 6.61 Å². The van der Waals surface area contributed by atoms with Gasteiger partial charge in [-0.3, -0.25) is 0 Å². The fourth-order valence-corrected chi connectivity index (χ4v) is 3.30. The van der Waals surface area contributed by atoms with Crippen molar-refractivity contribution < 1.29 is 14.3 Å². The van der Waals surface area contributed by atoms with Gasteiger partial charge in [0, 0.05) is 0 Å². The lowest BCUT2D eigenvalue weighted by Gasteiger charge is -2.10. The van der Waals surface area contributed by atoms with Gasteiger partial charge in [-0.2, -0.15) is 0 Å². The molecule has 0 heterocycles. The maximum Gasteiger partial charge on any atom is 0.338 e. The van der Waals surface area contributed by atoms with E-state index in [0.29, 0.717) is 17.9 Å². The number of carbonyl (C=O) groups is 1. The second kappa shape index (κ2) is 9.10. The van der Waals surface area contributed by atoms with E-state index < -0.39 is 0 Å². The molecule has 4 aromatic rings. The number of carbonyl (C=O) groups excluding carboxylic acids is 1. The van der Waals surface area contributed by atoms with Gasteiger partial charge >= 0.3 is 5.97 Å². The molecule has 0 bridgehead atoms. The molecular formula is C27H22O3. The summed E-state index contributed by atoms with van der Waals surface area (Å²) < 4.78 is 10.9. The summed E-state index contributed by atoms with van der Waals surface area (Å²) in [5.74, 6) is 0.326. The van der Waals surface area contributed by atoms with Gasteiger partial charge in [0.1, 0.15) is 12.4 Å². The number of ether oxygens (including phenoxy) is 2. The lowest BCUT2D eigenvalue weighted by atomic mass is 10.0. The number of hydrogen-bond acceptors (Lipinski definition) is 3. The second-order valence-electron chi connectivity index (χ2n) is 6.95. The van der Waals surface area contributed by atoms with Crippen LogP contribution in [-0.2, 0) is 11.3 Å². The van der Waals surface area contributed by atoms with E-state index in [1.807, 2.05) is 60.7 Å². The zero-order valence-electron chi connectivity index (χ0n) is 16.7. The molecule has 0 aliphatic heterocycles. The summed E-state index contributed by atoms with van der Waals surface area (Å²) in [7, 11) is 1.39. The highest BCUT2D eigenvalue weighted by Crippen LogP contribution is 2.23. The van der Waals surface area contributed by atoms with Crippen LogP contribution in [0.1, 0.15) is 27.0 Å². The van der Waals surface area contributed by atoms with E-state index in [-0.39, 0.29) is 5.97 Å². The van der Waals surface area contributed by atoms with E-state index in [2.05, 4.69) is 30.3 Å². The Balaban J connectivity index is 1.61. The normalized spacial score (nSPS) is 11.0. The number of fused-ring (bicyclic) bond motifs is 1. The van der Waals surface area contributed by atoms with Crippen LogP contribution < -0.4 is 4.74 Å². The third kappa shape index (κ3) is 4.58. The van der Waals surface area contributed by atoms with Crippen molar-refractivity contribution in [3.8, 4) is 5.75 Å². The van der Waals surface area contributed by atoms with E-state index in [1.165, 1.54) is 17.9 Å². The highest BCUT2D eigenvalue weighted by Gasteiger charge is 2.11. The molecule has 0 spiro atoms. The zero-order chi connectivity index (χ0) is 20.8. The van der Waals surface area contributed by atoms with Crippen molar-refractivity contribution in [2.24, 2.45) is 0 Å². The topological polar surface area (TPSA) is 35.5 Å². The highest BCUT2D eigenvalue weighted by atomic mass is 16.5. The lowest BCUT2D eigenvalue weighted by molar-refractivity contribution is 0.0600. The van der Waals surface area contributed by atoms with E-state index in [0.717, 1.165) is 16.7 Å². The molecule has 4 rings (SSSR count). The first kappa shape index (κ1) is 19.5. The van der Waals surface area contributed by atoms with Crippen LogP contribution in [0.5, 0.6) is 5.75 Å². The van der Waals surface area contributed by atoms with Gasteiger partial charge in [-0.1, -0.05) is 78.9 Å². The molecule has 3 heteroatoms. The summed E-state index contributed by atoms with van der Waals surface area (Å²) >= 11 is 0. The highest BCUT2D eigenvalue weighted by molar-refractivity contribution is 5.95. The van der Waals surface area contributed by atoms with E-state index in [4.69, 9.17) is 9.47 Å². The Labute approximate surface area is 176 Å². The molecule has 148 valence electrons. The van der Waals surface area contributed by atoms with Crippen molar-refractivity contribution in [3.63, 3.8) is 0 Å². The fraction of sp³-hybridized carbons (Fsp3) is 0.0741. The molecule has 0 unspecified atom stereocenters. The number of rotatable bonds is 6. The van der Waals surface area contributed by atoms with Crippen molar-refractivity contribution >= 4 is 28.9 Å². The zero-order valence-corrected chi connectivity index (χ0v) is 16.7. The molecule has 0 radical (unpaired) electrons. The Morgan fingerprint density at radius 1 is 0.800 bits per heavy atom. The van der Waals surface area contributed by atoms with Gasteiger partial charge < -0.3 is 9.47 Å². The van der Waals surface area contributed by atoms with Crippen LogP contribution in [0.4, 0.5) is 0 Å². The summed E-state index contributed by atoms with van der Waals surface area (Å²) in [5, 5.41) is 2.37. The first-order chi connectivity index (χ1) is 14.7. The largest absolute Gasteiger partial charge is 0.489 e. The maximum atomic E-state index is 12.2. The van der Waals surface area contributed by atoms with Crippen LogP contribution in [0.25, 0.3) is 22.9 Å². The second-order valence-corrected chi connectivity index (χ2v) is 6.95. The summed E-state index contributed by atoms with van der Waals surface area (Å²) in [4.78, 5) is 12.2. The smallest absolute Gasteiger partial charge is 0.338 e. The van der Waals surface area contributed by atoms with Crippen molar-refractivity contribution in [1.82, 2.24) is 0 Å². The maximum absolute atomic E-state index is 12.2. The molecule has 0 amide bonds. The van der Waals surface area contributed by atoms with E-state index >= 15 is 0 Å². The summed E-state index contributed by atoms with van der Waals surface area (Å²) in [6.45, 7) is 0.465. The van der Waals surface area contributed by atoms with Gasteiger partial charge in [0.25, 0.3) is 0 Å². The van der Waals surface area contributed by atoms with Gasteiger partial charge in [-0.15, -0.1) is 0 Å². The van der Waals surface area contributed by atoms with Crippen LogP contribution in [0, 0.1) is 0 Å². The monoisotopic (exact) mass is 394 g/mol. The average molecular weight is 394 g/mol. The molecule has 0 aromatic heterocycles. The van der Waals surface area contributed by atoms with Gasteiger partial charge in [0.15, 0.2) is 0 Å². The molecular weight excluding hydrogens is 372 g/mol.